The number of carbonyl (C=O) groups is 1. The largest absolute Gasteiger partial charge is 0.483 e. The van der Waals surface area contributed by atoms with Gasteiger partial charge in [-0.15, -0.1) is 11.3 Å². The second kappa shape index (κ2) is 5.86. The van der Waals surface area contributed by atoms with E-state index < -0.39 is 5.91 Å². The Labute approximate surface area is 116 Å². The summed E-state index contributed by atoms with van der Waals surface area (Å²) in [7, 11) is 0. The first kappa shape index (κ1) is 13.6. The number of thiophene rings is 1. The summed E-state index contributed by atoms with van der Waals surface area (Å²) in [6.07, 6.45) is -0.265. The summed E-state index contributed by atoms with van der Waals surface area (Å²) < 4.78 is 5.84. The van der Waals surface area contributed by atoms with Gasteiger partial charge in [-0.25, -0.2) is 0 Å². The lowest BCUT2D eigenvalue weighted by Gasteiger charge is -2.17. The molecule has 0 radical (unpaired) electrons. The number of nitrogens with two attached hydrogens (primary N) is 2. The minimum atomic E-state index is -0.506. The maximum Gasteiger partial charge on any atom is 0.252 e. The molecule has 0 aliphatic carbocycles. The fraction of sp³-hybridized carbons (Fsp3) is 0.214. The van der Waals surface area contributed by atoms with E-state index in [2.05, 4.69) is 0 Å². The molecule has 1 atom stereocenters. The molecule has 0 fully saturated rings. The van der Waals surface area contributed by atoms with Crippen LogP contribution in [-0.2, 0) is 0 Å². The summed E-state index contributed by atoms with van der Waals surface area (Å²) in [5.74, 6) is -0.0368. The van der Waals surface area contributed by atoms with Crippen LogP contribution in [0.5, 0.6) is 5.75 Å². The van der Waals surface area contributed by atoms with Crippen molar-refractivity contribution in [2.24, 2.45) is 11.5 Å². The van der Waals surface area contributed by atoms with E-state index in [1.54, 1.807) is 35.6 Å². The maximum atomic E-state index is 11.3. The number of primary amides is 1. The molecular weight excluding hydrogens is 260 g/mol. The summed E-state index contributed by atoms with van der Waals surface area (Å²) in [5.41, 5.74) is 11.5. The number of aryl methyl sites for hydroxylation is 1. The predicted octanol–water partition coefficient (Wildman–Crippen LogP) is 2.23. The van der Waals surface area contributed by atoms with Crippen LogP contribution in [0.4, 0.5) is 0 Å². The average Bonchev–Trinajstić information content (AvgIpc) is 2.82. The minimum Gasteiger partial charge on any atom is -0.483 e. The molecule has 100 valence electrons. The number of hydrogen-bond donors (Lipinski definition) is 2. The van der Waals surface area contributed by atoms with Gasteiger partial charge in [0, 0.05) is 16.3 Å². The molecule has 19 heavy (non-hydrogen) atoms. The first-order chi connectivity index (χ1) is 9.11. The second-order valence-electron chi connectivity index (χ2n) is 4.15. The summed E-state index contributed by atoms with van der Waals surface area (Å²) in [6, 6.07) is 10.9. The van der Waals surface area contributed by atoms with Crippen molar-refractivity contribution < 1.29 is 9.53 Å². The van der Waals surface area contributed by atoms with Crippen LogP contribution < -0.4 is 16.2 Å². The van der Waals surface area contributed by atoms with Crippen molar-refractivity contribution in [3.63, 3.8) is 0 Å². The van der Waals surface area contributed by atoms with Crippen molar-refractivity contribution in [2.75, 3.05) is 6.54 Å². The number of amides is 1. The van der Waals surface area contributed by atoms with Crippen molar-refractivity contribution in [3.05, 3.63) is 51.7 Å². The monoisotopic (exact) mass is 276 g/mol. The summed E-state index contributed by atoms with van der Waals surface area (Å²) >= 11 is 1.63. The molecule has 1 aromatic heterocycles. The highest BCUT2D eigenvalue weighted by Crippen LogP contribution is 2.28. The van der Waals surface area contributed by atoms with E-state index in [4.69, 9.17) is 16.2 Å². The van der Waals surface area contributed by atoms with E-state index in [1.807, 2.05) is 19.1 Å². The van der Waals surface area contributed by atoms with Gasteiger partial charge in [0.15, 0.2) is 0 Å². The van der Waals surface area contributed by atoms with E-state index in [1.165, 1.54) is 4.88 Å². The molecule has 1 unspecified atom stereocenters. The van der Waals surface area contributed by atoms with E-state index in [0.29, 0.717) is 17.9 Å². The van der Waals surface area contributed by atoms with Gasteiger partial charge in [0.05, 0.1) is 5.56 Å². The first-order valence-electron chi connectivity index (χ1n) is 5.93. The van der Waals surface area contributed by atoms with Crippen LogP contribution >= 0.6 is 11.3 Å². The second-order valence-corrected chi connectivity index (χ2v) is 5.47. The molecule has 0 aliphatic heterocycles. The van der Waals surface area contributed by atoms with Gasteiger partial charge >= 0.3 is 0 Å². The molecule has 4 nitrogen and oxygen atoms in total. The van der Waals surface area contributed by atoms with Gasteiger partial charge in [-0.05, 0) is 31.2 Å². The van der Waals surface area contributed by atoms with E-state index in [0.717, 1.165) is 4.88 Å². The maximum absolute atomic E-state index is 11.3. The van der Waals surface area contributed by atoms with Crippen molar-refractivity contribution in [3.8, 4) is 5.75 Å². The van der Waals surface area contributed by atoms with Crippen LogP contribution in [0.2, 0.25) is 0 Å². The molecule has 2 rings (SSSR count). The molecule has 0 bridgehead atoms. The normalized spacial score (nSPS) is 12.1. The number of para-hydroxylation sites is 1. The molecule has 0 spiro atoms. The SMILES string of the molecule is Cc1ccc(C(CN)Oc2ccccc2C(N)=O)s1. The van der Waals surface area contributed by atoms with Crippen molar-refractivity contribution in [2.45, 2.75) is 13.0 Å². The number of hydrogen-bond acceptors (Lipinski definition) is 4. The molecule has 1 heterocycles. The lowest BCUT2D eigenvalue weighted by Crippen LogP contribution is -2.20. The molecule has 1 amide bonds. The van der Waals surface area contributed by atoms with E-state index in [9.17, 15) is 4.79 Å². The Bertz CT molecular complexity index is 580. The smallest absolute Gasteiger partial charge is 0.252 e. The summed E-state index contributed by atoms with van der Waals surface area (Å²) in [6.45, 7) is 2.37. The van der Waals surface area contributed by atoms with E-state index >= 15 is 0 Å². The zero-order chi connectivity index (χ0) is 13.8. The van der Waals surface area contributed by atoms with Gasteiger partial charge in [0.25, 0.3) is 5.91 Å². The Morgan fingerprint density at radius 2 is 2.05 bits per heavy atom. The number of benzene rings is 1. The standard InChI is InChI=1S/C14H16N2O2S/c1-9-6-7-13(19-9)12(8-15)18-11-5-3-2-4-10(11)14(16)17/h2-7,12H,8,15H2,1H3,(H2,16,17). The Morgan fingerprint density at radius 1 is 1.32 bits per heavy atom. The molecule has 2 aromatic rings. The van der Waals surface area contributed by atoms with Crippen LogP contribution in [0.15, 0.2) is 36.4 Å². The third-order valence-electron chi connectivity index (χ3n) is 2.71. The fourth-order valence-corrected chi connectivity index (χ4v) is 2.69. The van der Waals surface area contributed by atoms with Gasteiger partial charge in [0.2, 0.25) is 0 Å². The number of ether oxygens (including phenoxy) is 1. The highest BCUT2D eigenvalue weighted by molar-refractivity contribution is 7.12. The van der Waals surface area contributed by atoms with Crippen LogP contribution in [-0.4, -0.2) is 12.5 Å². The van der Waals surface area contributed by atoms with Crippen LogP contribution in [0, 0.1) is 6.92 Å². The van der Waals surface area contributed by atoms with Crippen molar-refractivity contribution in [1.29, 1.82) is 0 Å². The predicted molar refractivity (Wildman–Crippen MR) is 76.4 cm³/mol. The Hall–Kier alpha value is -1.85. The molecule has 5 heteroatoms. The van der Waals surface area contributed by atoms with Crippen LogP contribution in [0.25, 0.3) is 0 Å². The van der Waals surface area contributed by atoms with Gasteiger partial charge in [-0.1, -0.05) is 12.1 Å². The highest BCUT2D eigenvalue weighted by Gasteiger charge is 2.17. The minimum absolute atomic E-state index is 0.265. The molecule has 0 aliphatic rings. The number of rotatable bonds is 5. The van der Waals surface area contributed by atoms with Crippen molar-refractivity contribution in [1.82, 2.24) is 0 Å². The topological polar surface area (TPSA) is 78.3 Å². The van der Waals surface area contributed by atoms with Crippen molar-refractivity contribution >= 4 is 17.2 Å². The molecule has 1 aromatic carbocycles. The lowest BCUT2D eigenvalue weighted by molar-refractivity contribution is 0.0993. The molecule has 4 N–H and O–H groups in total. The third-order valence-corrected chi connectivity index (χ3v) is 3.81. The van der Waals surface area contributed by atoms with Crippen LogP contribution in [0.3, 0.4) is 0 Å². The summed E-state index contributed by atoms with van der Waals surface area (Å²) in [5, 5.41) is 0. The first-order valence-corrected chi connectivity index (χ1v) is 6.75. The van der Waals surface area contributed by atoms with Gasteiger partial charge < -0.3 is 16.2 Å². The zero-order valence-electron chi connectivity index (χ0n) is 10.6. The fourth-order valence-electron chi connectivity index (χ4n) is 1.78. The van der Waals surface area contributed by atoms with Gasteiger partial charge in [-0.2, -0.15) is 0 Å². The Balaban J connectivity index is 2.26. The third kappa shape index (κ3) is 3.13. The highest BCUT2D eigenvalue weighted by atomic mass is 32.1. The Kier molecular flexibility index (Phi) is 4.19. The number of carbonyl (C=O) groups excluding carboxylic acids is 1. The summed E-state index contributed by atoms with van der Waals surface area (Å²) in [4.78, 5) is 13.6. The molecule has 0 saturated carbocycles. The molecule has 0 saturated heterocycles. The van der Waals surface area contributed by atoms with E-state index in [-0.39, 0.29) is 6.10 Å². The molecular formula is C14H16N2O2S. The van der Waals surface area contributed by atoms with Gasteiger partial charge in [0.1, 0.15) is 11.9 Å². The van der Waals surface area contributed by atoms with Gasteiger partial charge in [-0.3, -0.25) is 4.79 Å². The average molecular weight is 276 g/mol. The zero-order valence-corrected chi connectivity index (χ0v) is 11.4. The van der Waals surface area contributed by atoms with Crippen LogP contribution in [0.1, 0.15) is 26.2 Å². The quantitative estimate of drug-likeness (QED) is 0.879. The Morgan fingerprint density at radius 3 is 2.63 bits per heavy atom. The lowest BCUT2D eigenvalue weighted by atomic mass is 10.2.